The molecule has 0 saturated heterocycles. The van der Waals surface area contributed by atoms with Gasteiger partial charge in [0.25, 0.3) is 0 Å². The van der Waals surface area contributed by atoms with Crippen molar-refractivity contribution in [2.75, 3.05) is 5.73 Å². The van der Waals surface area contributed by atoms with E-state index in [9.17, 15) is 0 Å². The molecule has 2 aromatic heterocycles. The van der Waals surface area contributed by atoms with E-state index in [0.717, 1.165) is 35.5 Å². The van der Waals surface area contributed by atoms with Crippen LogP contribution in [0.4, 0.5) is 5.69 Å². The molecule has 0 aliphatic carbocycles. The number of rotatable bonds is 3. The Balaban J connectivity index is 2.10. The van der Waals surface area contributed by atoms with Gasteiger partial charge in [0.05, 0.1) is 23.8 Å². The second-order valence-corrected chi connectivity index (χ2v) is 4.74. The maximum Gasteiger partial charge on any atom is 0.109 e. The quantitative estimate of drug-likeness (QED) is 0.728. The fourth-order valence-corrected chi connectivity index (χ4v) is 2.38. The van der Waals surface area contributed by atoms with Gasteiger partial charge in [-0.1, -0.05) is 6.92 Å². The Labute approximate surface area is 111 Å². The fourth-order valence-electron chi connectivity index (χ4n) is 2.38. The Kier molecular flexibility index (Phi) is 2.74. The Morgan fingerprint density at radius 3 is 2.84 bits per heavy atom. The first kappa shape index (κ1) is 11.8. The largest absolute Gasteiger partial charge is 0.399 e. The van der Waals surface area contributed by atoms with Gasteiger partial charge in [-0.3, -0.25) is 4.68 Å². The van der Waals surface area contributed by atoms with Gasteiger partial charge in [-0.25, -0.2) is 4.98 Å². The summed E-state index contributed by atoms with van der Waals surface area (Å²) in [6.45, 7) is 2.90. The second kappa shape index (κ2) is 4.42. The number of aromatic nitrogens is 4. The molecule has 0 atom stereocenters. The number of hydrogen-bond acceptors (Lipinski definition) is 3. The van der Waals surface area contributed by atoms with Gasteiger partial charge < -0.3 is 10.3 Å². The van der Waals surface area contributed by atoms with Crippen molar-refractivity contribution in [1.82, 2.24) is 19.3 Å². The van der Waals surface area contributed by atoms with Crippen LogP contribution in [0.2, 0.25) is 0 Å². The van der Waals surface area contributed by atoms with E-state index in [1.54, 1.807) is 0 Å². The van der Waals surface area contributed by atoms with E-state index in [1.807, 2.05) is 42.3 Å². The van der Waals surface area contributed by atoms with Crippen LogP contribution in [0, 0.1) is 0 Å². The van der Waals surface area contributed by atoms with Gasteiger partial charge in [-0.05, 0) is 18.2 Å². The number of aryl methyl sites for hydroxylation is 2. The van der Waals surface area contributed by atoms with Crippen molar-refractivity contribution in [3.05, 3.63) is 42.0 Å². The van der Waals surface area contributed by atoms with Gasteiger partial charge in [0.1, 0.15) is 5.82 Å². The third-order valence-corrected chi connectivity index (χ3v) is 3.27. The van der Waals surface area contributed by atoms with Crippen molar-refractivity contribution < 1.29 is 0 Å². The smallest absolute Gasteiger partial charge is 0.109 e. The Morgan fingerprint density at radius 2 is 2.16 bits per heavy atom. The molecule has 3 aromatic rings. The van der Waals surface area contributed by atoms with Crippen LogP contribution in [-0.4, -0.2) is 19.3 Å². The van der Waals surface area contributed by atoms with Crippen LogP contribution in [0.25, 0.3) is 11.0 Å². The third-order valence-electron chi connectivity index (χ3n) is 3.27. The van der Waals surface area contributed by atoms with Crippen molar-refractivity contribution in [3.63, 3.8) is 0 Å². The lowest BCUT2D eigenvalue weighted by Crippen LogP contribution is -2.03. The summed E-state index contributed by atoms with van der Waals surface area (Å²) >= 11 is 0. The summed E-state index contributed by atoms with van der Waals surface area (Å²) in [7, 11) is 1.93. The summed E-state index contributed by atoms with van der Waals surface area (Å²) < 4.78 is 4.05. The minimum Gasteiger partial charge on any atom is -0.399 e. The first-order chi connectivity index (χ1) is 9.17. The molecule has 2 heterocycles. The van der Waals surface area contributed by atoms with E-state index in [0.29, 0.717) is 0 Å². The Morgan fingerprint density at radius 1 is 1.32 bits per heavy atom. The average molecular weight is 255 g/mol. The highest BCUT2D eigenvalue weighted by atomic mass is 15.2. The number of nitrogens with zero attached hydrogens (tertiary/aromatic N) is 4. The summed E-state index contributed by atoms with van der Waals surface area (Å²) in [5.41, 5.74) is 9.82. The number of nitrogen functional groups attached to an aromatic ring is 1. The lowest BCUT2D eigenvalue weighted by atomic mass is 10.2. The molecule has 2 N–H and O–H groups in total. The molecular weight excluding hydrogens is 238 g/mol. The van der Waals surface area contributed by atoms with Crippen LogP contribution in [0.15, 0.2) is 30.6 Å². The molecule has 0 bridgehead atoms. The average Bonchev–Trinajstić information content (AvgIpc) is 2.94. The molecule has 5 nitrogen and oxygen atoms in total. The SMILES string of the molecule is CCc1nc2cc(N)ccc2n1Cc1cnn(C)c1. The standard InChI is InChI=1S/C14H17N5/c1-3-14-17-12-6-11(15)4-5-13(12)19(14)9-10-7-16-18(2)8-10/h4-8H,3,9,15H2,1-2H3. The number of benzene rings is 1. The van der Waals surface area contributed by atoms with E-state index >= 15 is 0 Å². The van der Waals surface area contributed by atoms with E-state index in [4.69, 9.17) is 5.73 Å². The Bertz CT molecular complexity index is 723. The summed E-state index contributed by atoms with van der Waals surface area (Å²) in [4.78, 5) is 4.65. The highest BCUT2D eigenvalue weighted by molar-refractivity contribution is 5.79. The molecular formula is C14H17N5. The molecule has 3 rings (SSSR count). The molecule has 0 saturated carbocycles. The van der Waals surface area contributed by atoms with Crippen LogP contribution >= 0.6 is 0 Å². The summed E-state index contributed by atoms with van der Waals surface area (Å²) in [5.74, 6) is 1.07. The van der Waals surface area contributed by atoms with Crippen LogP contribution in [0.5, 0.6) is 0 Å². The molecule has 1 aromatic carbocycles. The predicted molar refractivity (Wildman–Crippen MR) is 75.8 cm³/mol. The normalized spacial score (nSPS) is 11.3. The molecule has 98 valence electrons. The van der Waals surface area contributed by atoms with Crippen molar-refractivity contribution in [2.45, 2.75) is 19.9 Å². The van der Waals surface area contributed by atoms with E-state index < -0.39 is 0 Å². The van der Waals surface area contributed by atoms with Crippen LogP contribution in [0.3, 0.4) is 0 Å². The monoisotopic (exact) mass is 255 g/mol. The molecule has 0 amide bonds. The van der Waals surface area contributed by atoms with Gasteiger partial charge >= 0.3 is 0 Å². The minimum absolute atomic E-state index is 0.751. The maximum atomic E-state index is 5.82. The highest BCUT2D eigenvalue weighted by Gasteiger charge is 2.10. The van der Waals surface area contributed by atoms with E-state index in [2.05, 4.69) is 21.6 Å². The molecule has 0 aliphatic rings. The summed E-state index contributed by atoms with van der Waals surface area (Å²) in [6, 6.07) is 5.88. The first-order valence-electron chi connectivity index (χ1n) is 6.39. The Hall–Kier alpha value is -2.30. The van der Waals surface area contributed by atoms with Crippen molar-refractivity contribution in [2.24, 2.45) is 7.05 Å². The predicted octanol–water partition coefficient (Wildman–Crippen LogP) is 1.96. The second-order valence-electron chi connectivity index (χ2n) is 4.74. The van der Waals surface area contributed by atoms with Gasteiger partial charge in [0.2, 0.25) is 0 Å². The number of nitrogens with two attached hydrogens (primary N) is 1. The van der Waals surface area contributed by atoms with Crippen molar-refractivity contribution >= 4 is 16.7 Å². The van der Waals surface area contributed by atoms with Gasteiger partial charge in [0, 0.05) is 30.9 Å². The molecule has 0 aliphatic heterocycles. The zero-order valence-corrected chi connectivity index (χ0v) is 11.2. The molecule has 0 radical (unpaired) electrons. The minimum atomic E-state index is 0.751. The zero-order chi connectivity index (χ0) is 13.4. The number of fused-ring (bicyclic) bond motifs is 1. The van der Waals surface area contributed by atoms with Gasteiger partial charge in [0.15, 0.2) is 0 Å². The topological polar surface area (TPSA) is 61.7 Å². The molecule has 0 fully saturated rings. The summed E-state index contributed by atoms with van der Waals surface area (Å²) in [6.07, 6.45) is 4.82. The van der Waals surface area contributed by atoms with Crippen LogP contribution < -0.4 is 5.73 Å². The number of anilines is 1. The third kappa shape index (κ3) is 2.07. The van der Waals surface area contributed by atoms with Crippen molar-refractivity contribution in [3.8, 4) is 0 Å². The maximum absolute atomic E-state index is 5.82. The lowest BCUT2D eigenvalue weighted by molar-refractivity contribution is 0.746. The van der Waals surface area contributed by atoms with Gasteiger partial charge in [-0.15, -0.1) is 0 Å². The zero-order valence-electron chi connectivity index (χ0n) is 11.2. The molecule has 5 heteroatoms. The highest BCUT2D eigenvalue weighted by Crippen LogP contribution is 2.20. The molecule has 0 spiro atoms. The van der Waals surface area contributed by atoms with E-state index in [1.165, 1.54) is 5.56 Å². The fraction of sp³-hybridized carbons (Fsp3) is 0.286. The number of hydrogen-bond donors (Lipinski definition) is 1. The molecule has 19 heavy (non-hydrogen) atoms. The molecule has 0 unspecified atom stereocenters. The lowest BCUT2D eigenvalue weighted by Gasteiger charge is -2.06. The van der Waals surface area contributed by atoms with E-state index in [-0.39, 0.29) is 0 Å². The van der Waals surface area contributed by atoms with Gasteiger partial charge in [-0.2, -0.15) is 5.10 Å². The first-order valence-corrected chi connectivity index (χ1v) is 6.39. The summed E-state index contributed by atoms with van der Waals surface area (Å²) in [5, 5.41) is 4.21. The van der Waals surface area contributed by atoms with Crippen LogP contribution in [0.1, 0.15) is 18.3 Å². The number of imidazole rings is 1. The van der Waals surface area contributed by atoms with Crippen molar-refractivity contribution in [1.29, 1.82) is 0 Å². The van der Waals surface area contributed by atoms with Crippen LogP contribution in [-0.2, 0) is 20.0 Å².